The third kappa shape index (κ3) is 4.92. The highest BCUT2D eigenvalue weighted by molar-refractivity contribution is 6.30. The Kier molecular flexibility index (Phi) is 6.49. The van der Waals surface area contributed by atoms with Crippen LogP contribution in [-0.2, 0) is 6.54 Å². The SMILES string of the molecule is O=C(c1cccc(NCc2cccnc2)c1)N1CCCC1c1ccnc(-c2cccc(Cl)c2)n1. The molecule has 2 aromatic heterocycles. The number of carbonyl (C=O) groups is 1. The van der Waals surface area contributed by atoms with Crippen LogP contribution in [0.25, 0.3) is 11.4 Å². The molecule has 4 aromatic rings. The van der Waals surface area contributed by atoms with Crippen molar-refractivity contribution >= 4 is 23.2 Å². The first kappa shape index (κ1) is 22.0. The standard InChI is InChI=1S/C27H24ClN5O/c28-22-8-1-6-20(15-22)26-30-13-11-24(32-26)25-10-4-14-33(25)27(34)21-7-2-9-23(16-21)31-18-19-5-3-12-29-17-19/h1-3,5-9,11-13,15-17,25,31H,4,10,14,18H2. The molecule has 0 bridgehead atoms. The average Bonchev–Trinajstić information content (AvgIpc) is 3.38. The number of aromatic nitrogens is 3. The van der Waals surface area contributed by atoms with E-state index in [-0.39, 0.29) is 11.9 Å². The number of rotatable bonds is 6. The molecule has 1 amide bonds. The summed E-state index contributed by atoms with van der Waals surface area (Å²) in [5, 5.41) is 4.02. The van der Waals surface area contributed by atoms with Crippen molar-refractivity contribution in [2.75, 3.05) is 11.9 Å². The number of pyridine rings is 1. The summed E-state index contributed by atoms with van der Waals surface area (Å²) in [4.78, 5) is 28.8. The summed E-state index contributed by atoms with van der Waals surface area (Å²) in [5.41, 5.74) is 4.35. The lowest BCUT2D eigenvalue weighted by molar-refractivity contribution is 0.0733. The molecule has 1 atom stereocenters. The van der Waals surface area contributed by atoms with Crippen molar-refractivity contribution in [3.8, 4) is 11.4 Å². The topological polar surface area (TPSA) is 71.0 Å². The largest absolute Gasteiger partial charge is 0.381 e. The quantitative estimate of drug-likeness (QED) is 0.387. The highest BCUT2D eigenvalue weighted by atomic mass is 35.5. The van der Waals surface area contributed by atoms with Crippen molar-refractivity contribution < 1.29 is 4.79 Å². The second kappa shape index (κ2) is 10.0. The molecule has 7 heteroatoms. The fourth-order valence-corrected chi connectivity index (χ4v) is 4.47. The van der Waals surface area contributed by atoms with Gasteiger partial charge in [-0.15, -0.1) is 0 Å². The number of nitrogens with one attached hydrogen (secondary N) is 1. The van der Waals surface area contributed by atoms with Crippen molar-refractivity contribution in [3.05, 3.63) is 107 Å². The van der Waals surface area contributed by atoms with Crippen molar-refractivity contribution in [2.24, 2.45) is 0 Å². The predicted molar refractivity (Wildman–Crippen MR) is 133 cm³/mol. The second-order valence-electron chi connectivity index (χ2n) is 8.27. The van der Waals surface area contributed by atoms with Crippen LogP contribution in [-0.4, -0.2) is 32.3 Å². The van der Waals surface area contributed by atoms with E-state index in [2.05, 4.69) is 15.3 Å². The Morgan fingerprint density at radius 3 is 2.82 bits per heavy atom. The first-order valence-electron chi connectivity index (χ1n) is 11.3. The minimum absolute atomic E-state index is 0.00967. The van der Waals surface area contributed by atoms with Gasteiger partial charge in [0, 0.05) is 53.5 Å². The van der Waals surface area contributed by atoms with Crippen LogP contribution in [0.1, 0.15) is 40.5 Å². The zero-order valence-electron chi connectivity index (χ0n) is 18.6. The van der Waals surface area contributed by atoms with E-state index < -0.39 is 0 Å². The molecular formula is C27H24ClN5O. The molecule has 5 rings (SSSR count). The number of amides is 1. The Labute approximate surface area is 203 Å². The van der Waals surface area contributed by atoms with E-state index >= 15 is 0 Å². The number of benzene rings is 2. The maximum Gasteiger partial charge on any atom is 0.254 e. The number of hydrogen-bond donors (Lipinski definition) is 1. The van der Waals surface area contributed by atoms with E-state index in [1.807, 2.05) is 77.8 Å². The number of nitrogens with zero attached hydrogens (tertiary/aromatic N) is 4. The van der Waals surface area contributed by atoms with Crippen molar-refractivity contribution in [1.29, 1.82) is 0 Å². The molecule has 3 heterocycles. The monoisotopic (exact) mass is 469 g/mol. The Balaban J connectivity index is 1.34. The Morgan fingerprint density at radius 2 is 1.97 bits per heavy atom. The van der Waals surface area contributed by atoms with E-state index in [9.17, 15) is 4.79 Å². The van der Waals surface area contributed by atoms with Gasteiger partial charge in [0.25, 0.3) is 5.91 Å². The lowest BCUT2D eigenvalue weighted by Crippen LogP contribution is -2.31. The summed E-state index contributed by atoms with van der Waals surface area (Å²) in [6.07, 6.45) is 7.14. The van der Waals surface area contributed by atoms with Crippen LogP contribution in [0.3, 0.4) is 0 Å². The van der Waals surface area contributed by atoms with Gasteiger partial charge in [-0.3, -0.25) is 9.78 Å². The molecule has 0 aliphatic carbocycles. The van der Waals surface area contributed by atoms with Gasteiger partial charge in [0.15, 0.2) is 5.82 Å². The van der Waals surface area contributed by atoms with Gasteiger partial charge in [-0.1, -0.05) is 35.9 Å². The molecule has 1 fully saturated rings. The zero-order valence-corrected chi connectivity index (χ0v) is 19.3. The van der Waals surface area contributed by atoms with Gasteiger partial charge >= 0.3 is 0 Å². The highest BCUT2D eigenvalue weighted by Gasteiger charge is 2.32. The molecular weight excluding hydrogens is 446 g/mol. The molecule has 1 aliphatic rings. The molecule has 0 spiro atoms. The van der Waals surface area contributed by atoms with Crippen molar-refractivity contribution in [1.82, 2.24) is 19.9 Å². The average molecular weight is 470 g/mol. The fraction of sp³-hybridized carbons (Fsp3) is 0.185. The molecule has 1 unspecified atom stereocenters. The van der Waals surface area contributed by atoms with Gasteiger partial charge < -0.3 is 10.2 Å². The second-order valence-corrected chi connectivity index (χ2v) is 8.70. The van der Waals surface area contributed by atoms with Crippen molar-refractivity contribution in [2.45, 2.75) is 25.4 Å². The van der Waals surface area contributed by atoms with Crippen LogP contribution in [0.15, 0.2) is 85.3 Å². The number of hydrogen-bond acceptors (Lipinski definition) is 5. The summed E-state index contributed by atoms with van der Waals surface area (Å²) >= 11 is 6.15. The number of carbonyl (C=O) groups excluding carboxylic acids is 1. The van der Waals surface area contributed by atoms with Gasteiger partial charge in [-0.25, -0.2) is 9.97 Å². The molecule has 1 N–H and O–H groups in total. The summed E-state index contributed by atoms with van der Waals surface area (Å²) < 4.78 is 0. The Morgan fingerprint density at radius 1 is 1.06 bits per heavy atom. The number of likely N-dealkylation sites (tertiary alicyclic amines) is 1. The van der Waals surface area contributed by atoms with E-state index in [0.717, 1.165) is 35.3 Å². The lowest BCUT2D eigenvalue weighted by atomic mass is 10.1. The van der Waals surface area contributed by atoms with Crippen LogP contribution in [0.4, 0.5) is 5.69 Å². The lowest BCUT2D eigenvalue weighted by Gasteiger charge is -2.25. The predicted octanol–water partition coefficient (Wildman–Crippen LogP) is 5.78. The number of halogens is 1. The van der Waals surface area contributed by atoms with Crippen LogP contribution >= 0.6 is 11.6 Å². The van der Waals surface area contributed by atoms with Gasteiger partial charge in [-0.2, -0.15) is 0 Å². The first-order chi connectivity index (χ1) is 16.7. The molecule has 1 aliphatic heterocycles. The molecule has 34 heavy (non-hydrogen) atoms. The fourth-order valence-electron chi connectivity index (χ4n) is 4.28. The van der Waals surface area contributed by atoms with Gasteiger partial charge in [0.2, 0.25) is 0 Å². The summed E-state index contributed by atoms with van der Waals surface area (Å²) in [6.45, 7) is 1.35. The third-order valence-electron chi connectivity index (χ3n) is 5.94. The molecule has 170 valence electrons. The normalized spacial score (nSPS) is 15.3. The Hall–Kier alpha value is -3.77. The highest BCUT2D eigenvalue weighted by Crippen LogP contribution is 2.33. The molecule has 1 saturated heterocycles. The Bertz CT molecular complexity index is 1300. The molecule has 0 radical (unpaired) electrons. The van der Waals surface area contributed by atoms with Gasteiger partial charge in [0.1, 0.15) is 0 Å². The maximum absolute atomic E-state index is 13.5. The minimum atomic E-state index is -0.0829. The minimum Gasteiger partial charge on any atom is -0.381 e. The summed E-state index contributed by atoms with van der Waals surface area (Å²) in [5.74, 6) is 0.622. The van der Waals surface area contributed by atoms with E-state index in [0.29, 0.717) is 29.5 Å². The van der Waals surface area contributed by atoms with E-state index in [1.54, 1.807) is 12.4 Å². The third-order valence-corrected chi connectivity index (χ3v) is 6.18. The van der Waals surface area contributed by atoms with E-state index in [1.165, 1.54) is 0 Å². The van der Waals surface area contributed by atoms with Gasteiger partial charge in [-0.05, 0) is 60.9 Å². The molecule has 0 saturated carbocycles. The summed E-state index contributed by atoms with van der Waals surface area (Å²) in [6, 6.07) is 20.9. The zero-order chi connectivity index (χ0) is 23.3. The van der Waals surface area contributed by atoms with Crippen LogP contribution in [0, 0.1) is 0 Å². The molecule has 2 aromatic carbocycles. The van der Waals surface area contributed by atoms with Crippen LogP contribution in [0.2, 0.25) is 5.02 Å². The smallest absolute Gasteiger partial charge is 0.254 e. The van der Waals surface area contributed by atoms with Crippen LogP contribution < -0.4 is 5.32 Å². The maximum atomic E-state index is 13.5. The van der Waals surface area contributed by atoms with Crippen LogP contribution in [0.5, 0.6) is 0 Å². The molecule has 6 nitrogen and oxygen atoms in total. The van der Waals surface area contributed by atoms with E-state index in [4.69, 9.17) is 16.6 Å². The summed E-state index contributed by atoms with van der Waals surface area (Å²) in [7, 11) is 0. The number of anilines is 1. The van der Waals surface area contributed by atoms with Crippen molar-refractivity contribution in [3.63, 3.8) is 0 Å². The van der Waals surface area contributed by atoms with Gasteiger partial charge in [0.05, 0.1) is 11.7 Å². The first-order valence-corrected chi connectivity index (χ1v) is 11.7.